The molecule has 0 saturated heterocycles. The summed E-state index contributed by atoms with van der Waals surface area (Å²) in [6, 6.07) is 9.83. The van der Waals surface area contributed by atoms with Crippen LogP contribution in [0.1, 0.15) is 38.3 Å². The Morgan fingerprint density at radius 1 is 1.19 bits per heavy atom. The molecule has 2 amide bonds. The van der Waals surface area contributed by atoms with E-state index in [2.05, 4.69) is 10.3 Å². The summed E-state index contributed by atoms with van der Waals surface area (Å²) < 4.78 is 0. The molecule has 3 rings (SSSR count). The van der Waals surface area contributed by atoms with Crippen molar-refractivity contribution >= 4 is 17.8 Å². The van der Waals surface area contributed by atoms with Crippen molar-refractivity contribution in [3.05, 3.63) is 47.7 Å². The molecule has 0 fully saturated rings. The van der Waals surface area contributed by atoms with Crippen LogP contribution < -0.4 is 5.32 Å². The zero-order valence-corrected chi connectivity index (χ0v) is 15.2. The second-order valence-corrected chi connectivity index (χ2v) is 7.47. The van der Waals surface area contributed by atoms with Crippen molar-refractivity contribution in [1.29, 1.82) is 0 Å². The fourth-order valence-corrected chi connectivity index (χ4v) is 3.12. The Morgan fingerprint density at radius 2 is 1.88 bits per heavy atom. The minimum atomic E-state index is -0.930. The highest BCUT2D eigenvalue weighted by Crippen LogP contribution is 2.31. The van der Waals surface area contributed by atoms with E-state index in [1.54, 1.807) is 6.20 Å². The average Bonchev–Trinajstić information content (AvgIpc) is 2.58. The van der Waals surface area contributed by atoms with E-state index >= 15 is 0 Å². The van der Waals surface area contributed by atoms with E-state index < -0.39 is 11.6 Å². The Morgan fingerprint density at radius 3 is 2.50 bits per heavy atom. The highest BCUT2D eigenvalue weighted by Gasteiger charge is 2.26. The Hall–Kier alpha value is -2.89. The first-order valence-electron chi connectivity index (χ1n) is 8.63. The van der Waals surface area contributed by atoms with E-state index in [4.69, 9.17) is 0 Å². The molecule has 6 nitrogen and oxygen atoms in total. The summed E-state index contributed by atoms with van der Waals surface area (Å²) in [6.45, 7) is 5.98. The highest BCUT2D eigenvalue weighted by atomic mass is 16.4. The van der Waals surface area contributed by atoms with Crippen molar-refractivity contribution < 1.29 is 14.7 Å². The molecule has 0 atom stereocenters. The lowest BCUT2D eigenvalue weighted by Gasteiger charge is -2.33. The van der Waals surface area contributed by atoms with E-state index in [9.17, 15) is 14.7 Å². The van der Waals surface area contributed by atoms with Crippen LogP contribution in [0.3, 0.4) is 0 Å². The van der Waals surface area contributed by atoms with Crippen LogP contribution in [0, 0.1) is 0 Å². The van der Waals surface area contributed by atoms with Crippen LogP contribution in [0.2, 0.25) is 0 Å². The maximum atomic E-state index is 11.6. The number of benzene rings is 1. The first kappa shape index (κ1) is 17.9. The van der Waals surface area contributed by atoms with Crippen LogP contribution in [0.4, 0.5) is 10.6 Å². The topological polar surface area (TPSA) is 82.5 Å². The summed E-state index contributed by atoms with van der Waals surface area (Å²) in [6.07, 6.45) is 1.89. The van der Waals surface area contributed by atoms with Gasteiger partial charge in [-0.05, 0) is 49.9 Å². The number of carbonyl (C=O) groups excluding carboxylic acids is 1. The van der Waals surface area contributed by atoms with Gasteiger partial charge in [0.05, 0.1) is 0 Å². The Kier molecular flexibility index (Phi) is 4.68. The van der Waals surface area contributed by atoms with Gasteiger partial charge >= 0.3 is 6.09 Å². The lowest BCUT2D eigenvalue weighted by molar-refractivity contribution is -0.116. The predicted molar refractivity (Wildman–Crippen MR) is 99.9 cm³/mol. The van der Waals surface area contributed by atoms with Crippen LogP contribution in [0.25, 0.3) is 11.1 Å². The minimum absolute atomic E-state index is 0.00607. The molecule has 0 radical (unpaired) electrons. The van der Waals surface area contributed by atoms with Gasteiger partial charge in [0.1, 0.15) is 5.82 Å². The van der Waals surface area contributed by atoms with Gasteiger partial charge in [-0.15, -0.1) is 0 Å². The van der Waals surface area contributed by atoms with E-state index in [1.165, 1.54) is 4.90 Å². The third kappa shape index (κ3) is 3.69. The number of carboxylic acid groups (broad SMARTS) is 1. The second-order valence-electron chi connectivity index (χ2n) is 7.47. The van der Waals surface area contributed by atoms with Crippen molar-refractivity contribution in [2.75, 3.05) is 5.32 Å². The molecule has 26 heavy (non-hydrogen) atoms. The fraction of sp³-hybridized carbons (Fsp3) is 0.350. The average molecular weight is 353 g/mol. The number of nitrogens with one attached hydrogen (secondary N) is 1. The molecule has 1 aliphatic rings. The lowest BCUT2D eigenvalue weighted by Crippen LogP contribution is -2.44. The second kappa shape index (κ2) is 6.78. The molecule has 0 bridgehead atoms. The molecule has 1 aliphatic heterocycles. The monoisotopic (exact) mass is 353 g/mol. The van der Waals surface area contributed by atoms with Crippen LogP contribution in [-0.4, -0.2) is 32.5 Å². The zero-order valence-electron chi connectivity index (χ0n) is 15.2. The summed E-state index contributed by atoms with van der Waals surface area (Å²) in [7, 11) is 0. The number of fused-ring (bicyclic) bond motifs is 1. The van der Waals surface area contributed by atoms with Crippen molar-refractivity contribution in [3.8, 4) is 11.1 Å². The van der Waals surface area contributed by atoms with Crippen molar-refractivity contribution in [2.45, 2.75) is 45.7 Å². The molecule has 1 aromatic heterocycles. The largest absolute Gasteiger partial charge is 0.465 e. The molecular weight excluding hydrogens is 330 g/mol. The van der Waals surface area contributed by atoms with E-state index in [0.29, 0.717) is 25.2 Å². The standard InChI is InChI=1S/C20H23N3O3/c1-20(2,3)23(19(25)26)12-13-4-6-14(7-5-13)15-10-11-21-18-16(15)8-9-17(24)22-18/h4-7,10-11H,8-9,12H2,1-3H3,(H,25,26)(H,21,22,24). The van der Waals surface area contributed by atoms with Gasteiger partial charge in [0.2, 0.25) is 5.91 Å². The van der Waals surface area contributed by atoms with Gasteiger partial charge in [-0.2, -0.15) is 0 Å². The molecule has 136 valence electrons. The van der Waals surface area contributed by atoms with Gasteiger partial charge in [0.15, 0.2) is 0 Å². The maximum Gasteiger partial charge on any atom is 0.408 e. The van der Waals surface area contributed by atoms with Crippen LogP contribution in [0.5, 0.6) is 0 Å². The van der Waals surface area contributed by atoms with E-state index in [0.717, 1.165) is 22.3 Å². The maximum absolute atomic E-state index is 11.6. The summed E-state index contributed by atoms with van der Waals surface area (Å²) in [5.41, 5.74) is 3.59. The van der Waals surface area contributed by atoms with E-state index in [-0.39, 0.29) is 5.91 Å². The van der Waals surface area contributed by atoms with Gasteiger partial charge in [0, 0.05) is 30.3 Å². The van der Waals surface area contributed by atoms with Gasteiger partial charge in [-0.1, -0.05) is 24.3 Å². The van der Waals surface area contributed by atoms with Crippen LogP contribution in [-0.2, 0) is 17.8 Å². The summed E-state index contributed by atoms with van der Waals surface area (Å²) in [5.74, 6) is 0.626. The first-order chi connectivity index (χ1) is 12.3. The van der Waals surface area contributed by atoms with Crippen LogP contribution in [0.15, 0.2) is 36.5 Å². The first-order valence-corrected chi connectivity index (χ1v) is 8.63. The molecule has 2 heterocycles. The Labute approximate surface area is 152 Å². The SMILES string of the molecule is CC(C)(C)N(Cc1ccc(-c2ccnc3c2CCC(=O)N3)cc1)C(=O)O. The zero-order chi connectivity index (χ0) is 18.9. The number of aromatic nitrogens is 1. The third-order valence-corrected chi connectivity index (χ3v) is 4.56. The number of carbonyl (C=O) groups is 2. The predicted octanol–water partition coefficient (Wildman–Crippen LogP) is 3.91. The highest BCUT2D eigenvalue weighted by molar-refractivity contribution is 5.94. The quantitative estimate of drug-likeness (QED) is 0.876. The number of pyridine rings is 1. The number of nitrogens with zero attached hydrogens (tertiary/aromatic N) is 2. The summed E-state index contributed by atoms with van der Waals surface area (Å²) in [5, 5.41) is 12.3. The Balaban J connectivity index is 1.86. The normalized spacial score (nSPS) is 13.7. The third-order valence-electron chi connectivity index (χ3n) is 4.56. The van der Waals surface area contributed by atoms with E-state index in [1.807, 2.05) is 51.1 Å². The number of hydrogen-bond acceptors (Lipinski definition) is 3. The Bertz CT molecular complexity index is 838. The number of amides is 2. The number of hydrogen-bond donors (Lipinski definition) is 2. The number of anilines is 1. The summed E-state index contributed by atoms with van der Waals surface area (Å²) >= 11 is 0. The molecular formula is C20H23N3O3. The minimum Gasteiger partial charge on any atom is -0.465 e. The molecule has 2 N–H and O–H groups in total. The molecule has 1 aromatic carbocycles. The molecule has 0 aliphatic carbocycles. The molecule has 0 unspecified atom stereocenters. The molecule has 0 saturated carbocycles. The smallest absolute Gasteiger partial charge is 0.408 e. The van der Waals surface area contributed by atoms with Crippen molar-refractivity contribution in [2.24, 2.45) is 0 Å². The van der Waals surface area contributed by atoms with Crippen LogP contribution >= 0.6 is 0 Å². The van der Waals surface area contributed by atoms with Gasteiger partial charge in [-0.3, -0.25) is 9.69 Å². The fourth-order valence-electron chi connectivity index (χ4n) is 3.12. The molecule has 6 heteroatoms. The van der Waals surface area contributed by atoms with Gasteiger partial charge in [-0.25, -0.2) is 9.78 Å². The molecule has 0 spiro atoms. The van der Waals surface area contributed by atoms with Crippen molar-refractivity contribution in [3.63, 3.8) is 0 Å². The van der Waals surface area contributed by atoms with Gasteiger partial charge in [0.25, 0.3) is 0 Å². The van der Waals surface area contributed by atoms with Gasteiger partial charge < -0.3 is 10.4 Å². The summed E-state index contributed by atoms with van der Waals surface area (Å²) in [4.78, 5) is 28.7. The lowest BCUT2D eigenvalue weighted by atomic mass is 9.95. The number of rotatable bonds is 3. The molecule has 2 aromatic rings. The van der Waals surface area contributed by atoms with Crippen molar-refractivity contribution in [1.82, 2.24) is 9.88 Å².